The zero-order valence-electron chi connectivity index (χ0n) is 3.91. The first-order valence-electron chi connectivity index (χ1n) is 2.16. The van der Waals surface area contributed by atoms with Gasteiger partial charge in [-0.1, -0.05) is 0 Å². The molecule has 0 saturated carbocycles. The molecule has 3 heteroatoms. The Bertz CT molecular complexity index is 102. The Labute approximate surface area is 41.7 Å². The van der Waals surface area contributed by atoms with Crippen LogP contribution in [0, 0.1) is 10.8 Å². The maximum atomic E-state index is 6.97. The Balaban J connectivity index is 2.65. The van der Waals surface area contributed by atoms with Crippen LogP contribution in [0.5, 0.6) is 0 Å². The van der Waals surface area contributed by atoms with Gasteiger partial charge >= 0.3 is 0 Å². The number of nitrogens with one attached hydrogen (secondary N) is 3. The van der Waals surface area contributed by atoms with Gasteiger partial charge in [-0.15, -0.1) is 0 Å². The Morgan fingerprint density at radius 3 is 1.71 bits per heavy atom. The summed E-state index contributed by atoms with van der Waals surface area (Å²) in [5.74, 6) is 0. The van der Waals surface area contributed by atoms with Crippen molar-refractivity contribution >= 4 is 11.4 Å². The molecule has 0 amide bonds. The topological polar surface area (TPSA) is 59.7 Å². The summed E-state index contributed by atoms with van der Waals surface area (Å²) in [7, 11) is 0. The van der Waals surface area contributed by atoms with E-state index in [-0.39, 0.29) is 0 Å². The molecule has 0 unspecified atom stereocenters. The molecule has 3 N–H and O–H groups in total. The molecule has 3 nitrogen and oxygen atoms in total. The van der Waals surface area contributed by atoms with E-state index in [0.717, 1.165) is 0 Å². The molecule has 1 rings (SSSR count). The van der Waals surface area contributed by atoms with Crippen LogP contribution < -0.4 is 5.32 Å². The lowest BCUT2D eigenvalue weighted by Gasteiger charge is -1.81. The fourth-order valence-corrected chi connectivity index (χ4v) is 0.526. The molecule has 7 heavy (non-hydrogen) atoms. The number of rotatable bonds is 0. The van der Waals surface area contributed by atoms with Crippen molar-refractivity contribution in [3.63, 3.8) is 0 Å². The third kappa shape index (κ3) is 0.667. The Hall–Kier alpha value is -0.700. The molecule has 1 heterocycles. The molecule has 0 bridgehead atoms. The highest BCUT2D eigenvalue weighted by atomic mass is 14.9. The monoisotopic (exact) mass is 97.1 g/mol. The Morgan fingerprint density at radius 2 is 1.57 bits per heavy atom. The molecule has 0 atom stereocenters. The van der Waals surface area contributed by atoms with Gasteiger partial charge in [0.05, 0.1) is 11.4 Å². The fourth-order valence-electron chi connectivity index (χ4n) is 0.526. The minimum Gasteiger partial charge on any atom is -0.305 e. The van der Waals surface area contributed by atoms with Crippen LogP contribution in [0.4, 0.5) is 0 Å². The van der Waals surface area contributed by atoms with Crippen molar-refractivity contribution in [1.82, 2.24) is 5.32 Å². The maximum Gasteiger partial charge on any atom is 0.0672 e. The molecule has 0 spiro atoms. The normalized spacial score (nSPS) is 21.1. The van der Waals surface area contributed by atoms with E-state index in [2.05, 4.69) is 5.32 Å². The molecule has 1 aliphatic heterocycles. The van der Waals surface area contributed by atoms with E-state index in [9.17, 15) is 0 Å². The third-order valence-electron chi connectivity index (χ3n) is 0.968. The van der Waals surface area contributed by atoms with Crippen molar-refractivity contribution in [3.05, 3.63) is 0 Å². The smallest absolute Gasteiger partial charge is 0.0672 e. The van der Waals surface area contributed by atoms with Gasteiger partial charge in [0.25, 0.3) is 0 Å². The summed E-state index contributed by atoms with van der Waals surface area (Å²) in [6.07, 6.45) is 0. The summed E-state index contributed by atoms with van der Waals surface area (Å²) < 4.78 is 0. The zero-order valence-corrected chi connectivity index (χ0v) is 3.91. The van der Waals surface area contributed by atoms with Gasteiger partial charge in [0.1, 0.15) is 0 Å². The predicted octanol–water partition coefficient (Wildman–Crippen LogP) is -0.371. The maximum absolute atomic E-state index is 6.97. The Kier molecular flexibility index (Phi) is 0.906. The van der Waals surface area contributed by atoms with Gasteiger partial charge in [-0.25, -0.2) is 0 Å². The minimum atomic E-state index is 0.431. The van der Waals surface area contributed by atoms with Crippen molar-refractivity contribution < 1.29 is 0 Å². The van der Waals surface area contributed by atoms with E-state index < -0.39 is 0 Å². The van der Waals surface area contributed by atoms with Crippen molar-refractivity contribution in [2.24, 2.45) is 0 Å². The molecule has 0 aromatic carbocycles. The average molecular weight is 97.1 g/mol. The standard InChI is InChI=1S/C4H7N3/c5-3-1-7-2-4(3)6/h5-7H,1-2H2. The SMILES string of the molecule is N=C1CNCC1=N. The summed E-state index contributed by atoms with van der Waals surface area (Å²) in [4.78, 5) is 0. The van der Waals surface area contributed by atoms with Crippen molar-refractivity contribution in [1.29, 1.82) is 10.8 Å². The first kappa shape index (κ1) is 4.46. The van der Waals surface area contributed by atoms with Gasteiger partial charge in [0.2, 0.25) is 0 Å². The lowest BCUT2D eigenvalue weighted by Crippen LogP contribution is -2.07. The summed E-state index contributed by atoms with van der Waals surface area (Å²) in [5.41, 5.74) is 0.861. The zero-order chi connectivity index (χ0) is 5.28. The first-order valence-corrected chi connectivity index (χ1v) is 2.16. The first-order chi connectivity index (χ1) is 3.30. The number of hydrogen-bond donors (Lipinski definition) is 3. The minimum absolute atomic E-state index is 0.431. The molecule has 1 aliphatic rings. The predicted molar refractivity (Wildman–Crippen MR) is 28.3 cm³/mol. The number of hydrogen-bond acceptors (Lipinski definition) is 3. The lowest BCUT2D eigenvalue weighted by molar-refractivity contribution is 0.927. The summed E-state index contributed by atoms with van der Waals surface area (Å²) in [5, 5.41) is 16.8. The van der Waals surface area contributed by atoms with E-state index in [0.29, 0.717) is 24.5 Å². The van der Waals surface area contributed by atoms with Crippen molar-refractivity contribution in [2.45, 2.75) is 0 Å². The second kappa shape index (κ2) is 1.42. The molecule has 1 saturated heterocycles. The van der Waals surface area contributed by atoms with Gasteiger partial charge < -0.3 is 16.1 Å². The fraction of sp³-hybridized carbons (Fsp3) is 0.500. The third-order valence-corrected chi connectivity index (χ3v) is 0.968. The molecule has 0 radical (unpaired) electrons. The van der Waals surface area contributed by atoms with Crippen LogP contribution in [-0.4, -0.2) is 24.5 Å². The molecular formula is C4H7N3. The summed E-state index contributed by atoms with van der Waals surface area (Å²) in [6.45, 7) is 1.16. The van der Waals surface area contributed by atoms with Crippen molar-refractivity contribution in [3.8, 4) is 0 Å². The van der Waals surface area contributed by atoms with Crippen LogP contribution in [-0.2, 0) is 0 Å². The second-order valence-electron chi connectivity index (χ2n) is 1.56. The van der Waals surface area contributed by atoms with Gasteiger partial charge in [0.15, 0.2) is 0 Å². The summed E-state index contributed by atoms with van der Waals surface area (Å²) >= 11 is 0. The van der Waals surface area contributed by atoms with E-state index in [4.69, 9.17) is 10.8 Å². The lowest BCUT2D eigenvalue weighted by atomic mass is 10.3. The van der Waals surface area contributed by atoms with Gasteiger partial charge in [0, 0.05) is 13.1 Å². The van der Waals surface area contributed by atoms with Crippen molar-refractivity contribution in [2.75, 3.05) is 13.1 Å². The van der Waals surface area contributed by atoms with E-state index in [1.807, 2.05) is 0 Å². The summed E-state index contributed by atoms with van der Waals surface area (Å²) in [6, 6.07) is 0. The molecule has 1 fully saturated rings. The highest BCUT2D eigenvalue weighted by Crippen LogP contribution is 1.82. The van der Waals surface area contributed by atoms with Crippen LogP contribution in [0.2, 0.25) is 0 Å². The van der Waals surface area contributed by atoms with Crippen LogP contribution in [0.1, 0.15) is 0 Å². The molecule has 0 aromatic rings. The molecule has 38 valence electrons. The second-order valence-corrected chi connectivity index (χ2v) is 1.56. The van der Waals surface area contributed by atoms with Crippen LogP contribution in [0.3, 0.4) is 0 Å². The van der Waals surface area contributed by atoms with Crippen LogP contribution >= 0.6 is 0 Å². The van der Waals surface area contributed by atoms with E-state index in [1.54, 1.807) is 0 Å². The van der Waals surface area contributed by atoms with Gasteiger partial charge in [-0.05, 0) is 0 Å². The van der Waals surface area contributed by atoms with Crippen LogP contribution in [0.25, 0.3) is 0 Å². The molecule has 0 aromatic heterocycles. The average Bonchev–Trinajstić information content (AvgIpc) is 1.91. The van der Waals surface area contributed by atoms with Gasteiger partial charge in [-0.3, -0.25) is 0 Å². The van der Waals surface area contributed by atoms with E-state index in [1.165, 1.54) is 0 Å². The van der Waals surface area contributed by atoms with E-state index >= 15 is 0 Å². The largest absolute Gasteiger partial charge is 0.305 e. The van der Waals surface area contributed by atoms with Crippen LogP contribution in [0.15, 0.2) is 0 Å². The Morgan fingerprint density at radius 1 is 1.14 bits per heavy atom. The quantitative estimate of drug-likeness (QED) is 0.379. The highest BCUT2D eigenvalue weighted by Gasteiger charge is 2.10. The molecule has 0 aliphatic carbocycles. The highest BCUT2D eigenvalue weighted by molar-refractivity contribution is 6.43. The molecular weight excluding hydrogens is 90.1 g/mol. The van der Waals surface area contributed by atoms with Gasteiger partial charge in [-0.2, -0.15) is 0 Å².